The lowest BCUT2D eigenvalue weighted by Gasteiger charge is -2.40. The summed E-state index contributed by atoms with van der Waals surface area (Å²) >= 11 is 1.45. The molecule has 3 heterocycles. The highest BCUT2D eigenvalue weighted by atomic mass is 32.1. The molecule has 22 heavy (non-hydrogen) atoms. The van der Waals surface area contributed by atoms with Crippen molar-refractivity contribution < 1.29 is 9.59 Å². The van der Waals surface area contributed by atoms with E-state index in [2.05, 4.69) is 12.2 Å². The summed E-state index contributed by atoms with van der Waals surface area (Å²) in [5, 5.41) is 5.26. The van der Waals surface area contributed by atoms with Crippen molar-refractivity contribution in [1.82, 2.24) is 15.1 Å². The van der Waals surface area contributed by atoms with Gasteiger partial charge in [-0.05, 0) is 37.6 Å². The van der Waals surface area contributed by atoms with Crippen molar-refractivity contribution in [2.75, 3.05) is 26.2 Å². The number of piperazine rings is 1. The first-order chi connectivity index (χ1) is 10.7. The molecule has 2 amide bonds. The third kappa shape index (κ3) is 3.17. The maximum Gasteiger partial charge on any atom is 0.264 e. The van der Waals surface area contributed by atoms with Crippen LogP contribution < -0.4 is 5.32 Å². The summed E-state index contributed by atoms with van der Waals surface area (Å²) in [5.41, 5.74) is 0. The molecule has 2 saturated heterocycles. The number of carbonyl (C=O) groups excluding carboxylic acids is 2. The van der Waals surface area contributed by atoms with Crippen LogP contribution in [0.4, 0.5) is 0 Å². The Morgan fingerprint density at radius 3 is 2.91 bits per heavy atom. The van der Waals surface area contributed by atoms with Crippen molar-refractivity contribution in [1.29, 1.82) is 0 Å². The molecule has 0 spiro atoms. The summed E-state index contributed by atoms with van der Waals surface area (Å²) in [4.78, 5) is 30.0. The van der Waals surface area contributed by atoms with E-state index in [1.165, 1.54) is 11.3 Å². The van der Waals surface area contributed by atoms with Crippen LogP contribution in [0.25, 0.3) is 0 Å². The van der Waals surface area contributed by atoms with Crippen molar-refractivity contribution in [3.63, 3.8) is 0 Å². The molecule has 3 rings (SSSR count). The maximum absolute atomic E-state index is 12.9. The van der Waals surface area contributed by atoms with Crippen LogP contribution in [0.1, 0.15) is 35.9 Å². The van der Waals surface area contributed by atoms with E-state index in [9.17, 15) is 9.59 Å². The molecule has 0 radical (unpaired) electrons. The number of hydrogen-bond donors (Lipinski definition) is 1. The fourth-order valence-electron chi connectivity index (χ4n) is 3.32. The zero-order valence-electron chi connectivity index (χ0n) is 13.0. The molecule has 2 atom stereocenters. The van der Waals surface area contributed by atoms with E-state index in [4.69, 9.17) is 0 Å². The quantitative estimate of drug-likeness (QED) is 0.899. The van der Waals surface area contributed by atoms with Crippen LogP contribution in [0.3, 0.4) is 0 Å². The molecule has 1 aromatic heterocycles. The molecule has 0 bridgehead atoms. The second kappa shape index (κ2) is 6.79. The van der Waals surface area contributed by atoms with Crippen LogP contribution in [-0.2, 0) is 4.79 Å². The molecule has 1 N–H and O–H groups in total. The molecule has 2 aliphatic heterocycles. The van der Waals surface area contributed by atoms with Gasteiger partial charge in [0.2, 0.25) is 5.91 Å². The van der Waals surface area contributed by atoms with Crippen LogP contribution in [0, 0.1) is 0 Å². The smallest absolute Gasteiger partial charge is 0.264 e. The van der Waals surface area contributed by atoms with E-state index in [0.29, 0.717) is 12.6 Å². The van der Waals surface area contributed by atoms with Crippen LogP contribution in [0.2, 0.25) is 0 Å². The molecule has 120 valence electrons. The Labute approximate surface area is 135 Å². The van der Waals surface area contributed by atoms with Crippen molar-refractivity contribution in [3.05, 3.63) is 22.4 Å². The highest BCUT2D eigenvalue weighted by Gasteiger charge is 2.36. The van der Waals surface area contributed by atoms with E-state index in [0.717, 1.165) is 43.8 Å². The van der Waals surface area contributed by atoms with Crippen molar-refractivity contribution in [2.24, 2.45) is 0 Å². The second-order valence-electron chi connectivity index (χ2n) is 6.13. The summed E-state index contributed by atoms with van der Waals surface area (Å²) < 4.78 is 0. The Morgan fingerprint density at radius 2 is 2.18 bits per heavy atom. The highest BCUT2D eigenvalue weighted by Crippen LogP contribution is 2.23. The van der Waals surface area contributed by atoms with Gasteiger partial charge in [0.15, 0.2) is 0 Å². The second-order valence-corrected chi connectivity index (χ2v) is 7.07. The van der Waals surface area contributed by atoms with E-state index in [1.807, 2.05) is 22.4 Å². The van der Waals surface area contributed by atoms with Crippen LogP contribution in [0.5, 0.6) is 0 Å². The zero-order valence-corrected chi connectivity index (χ0v) is 13.8. The summed E-state index contributed by atoms with van der Waals surface area (Å²) in [6.45, 7) is 5.08. The van der Waals surface area contributed by atoms with Gasteiger partial charge in [-0.1, -0.05) is 6.07 Å². The number of amides is 2. The van der Waals surface area contributed by atoms with Crippen molar-refractivity contribution >= 4 is 23.2 Å². The van der Waals surface area contributed by atoms with E-state index in [1.54, 1.807) is 4.90 Å². The number of piperidine rings is 1. The molecule has 1 aromatic rings. The number of hydrogen-bond acceptors (Lipinski definition) is 4. The molecule has 2 fully saturated rings. The Balaban J connectivity index is 1.74. The van der Waals surface area contributed by atoms with Gasteiger partial charge in [0.25, 0.3) is 5.91 Å². The molecule has 0 saturated carbocycles. The zero-order chi connectivity index (χ0) is 15.5. The molecule has 6 heteroatoms. The normalized spacial score (nSPS) is 26.0. The summed E-state index contributed by atoms with van der Waals surface area (Å²) in [7, 11) is 0. The van der Waals surface area contributed by atoms with Crippen LogP contribution in [-0.4, -0.2) is 59.9 Å². The number of likely N-dealkylation sites (tertiary alicyclic amines) is 1. The van der Waals surface area contributed by atoms with Gasteiger partial charge >= 0.3 is 0 Å². The fourth-order valence-corrected chi connectivity index (χ4v) is 4.00. The minimum Gasteiger partial charge on any atom is -0.338 e. The third-order valence-electron chi connectivity index (χ3n) is 4.46. The largest absolute Gasteiger partial charge is 0.338 e. The topological polar surface area (TPSA) is 52.7 Å². The van der Waals surface area contributed by atoms with Gasteiger partial charge in [0.1, 0.15) is 6.04 Å². The van der Waals surface area contributed by atoms with Gasteiger partial charge in [0, 0.05) is 32.2 Å². The first-order valence-electron chi connectivity index (χ1n) is 8.03. The van der Waals surface area contributed by atoms with E-state index < -0.39 is 0 Å². The Kier molecular flexibility index (Phi) is 4.78. The van der Waals surface area contributed by atoms with Gasteiger partial charge in [-0.2, -0.15) is 0 Å². The minimum atomic E-state index is -0.284. The molecule has 0 aromatic carbocycles. The number of thiophene rings is 1. The SMILES string of the molecule is CC1CN(C(=O)C2CCCCN2C(=O)c2cccs2)CCN1. The average molecular weight is 321 g/mol. The Morgan fingerprint density at radius 1 is 1.32 bits per heavy atom. The maximum atomic E-state index is 12.9. The molecule has 2 aliphatic rings. The first kappa shape index (κ1) is 15.5. The number of carbonyl (C=O) groups is 2. The number of nitrogens with one attached hydrogen (secondary N) is 1. The first-order valence-corrected chi connectivity index (χ1v) is 8.91. The predicted molar refractivity (Wildman–Crippen MR) is 87.0 cm³/mol. The number of rotatable bonds is 2. The fraction of sp³-hybridized carbons (Fsp3) is 0.625. The number of nitrogens with zero attached hydrogens (tertiary/aromatic N) is 2. The van der Waals surface area contributed by atoms with Gasteiger partial charge in [-0.25, -0.2) is 0 Å². The van der Waals surface area contributed by atoms with Crippen molar-refractivity contribution in [2.45, 2.75) is 38.3 Å². The van der Waals surface area contributed by atoms with E-state index in [-0.39, 0.29) is 17.9 Å². The highest BCUT2D eigenvalue weighted by molar-refractivity contribution is 7.12. The average Bonchev–Trinajstić information content (AvgIpc) is 3.08. The standard InChI is InChI=1S/C16H23N3O2S/c1-12-11-18(9-7-17-12)15(20)13-5-2-3-8-19(13)16(21)14-6-4-10-22-14/h4,6,10,12-13,17H,2-3,5,7-9,11H2,1H3. The Bertz CT molecular complexity index is 532. The lowest BCUT2D eigenvalue weighted by Crippen LogP contribution is -2.58. The molecule has 0 aliphatic carbocycles. The van der Waals surface area contributed by atoms with Gasteiger partial charge < -0.3 is 15.1 Å². The third-order valence-corrected chi connectivity index (χ3v) is 5.32. The molecule has 5 nitrogen and oxygen atoms in total. The van der Waals surface area contributed by atoms with Gasteiger partial charge in [-0.15, -0.1) is 11.3 Å². The lowest BCUT2D eigenvalue weighted by atomic mass is 10.00. The minimum absolute atomic E-state index is 0.0104. The summed E-state index contributed by atoms with van der Waals surface area (Å²) in [5.74, 6) is 0.134. The monoisotopic (exact) mass is 321 g/mol. The van der Waals surface area contributed by atoms with Crippen LogP contribution in [0.15, 0.2) is 17.5 Å². The summed E-state index contributed by atoms with van der Waals surface area (Å²) in [6, 6.07) is 3.77. The van der Waals surface area contributed by atoms with Crippen molar-refractivity contribution in [3.8, 4) is 0 Å². The molecular formula is C16H23N3O2S. The van der Waals surface area contributed by atoms with Gasteiger partial charge in [0.05, 0.1) is 4.88 Å². The Hall–Kier alpha value is -1.40. The predicted octanol–water partition coefficient (Wildman–Crippen LogP) is 1.56. The molecular weight excluding hydrogens is 298 g/mol. The van der Waals surface area contributed by atoms with Crippen LogP contribution >= 0.6 is 11.3 Å². The lowest BCUT2D eigenvalue weighted by molar-refractivity contribution is -0.138. The molecule has 2 unspecified atom stereocenters. The van der Waals surface area contributed by atoms with E-state index >= 15 is 0 Å². The van der Waals surface area contributed by atoms with Gasteiger partial charge in [-0.3, -0.25) is 9.59 Å². The summed E-state index contributed by atoms with van der Waals surface area (Å²) in [6.07, 6.45) is 2.79.